The predicted molar refractivity (Wildman–Crippen MR) is 96.2 cm³/mol. The number of hydrogen-bond donors (Lipinski definition) is 1. The van der Waals surface area contributed by atoms with Gasteiger partial charge >= 0.3 is 0 Å². The van der Waals surface area contributed by atoms with Crippen molar-refractivity contribution in [3.63, 3.8) is 0 Å². The zero-order valence-electron chi connectivity index (χ0n) is 13.8. The smallest absolute Gasteiger partial charge is 0.252 e. The van der Waals surface area contributed by atoms with Crippen LogP contribution in [-0.2, 0) is 21.3 Å². The fraction of sp³-hybridized carbons (Fsp3) is 0.294. The predicted octanol–water partition coefficient (Wildman–Crippen LogP) is 1.57. The number of thiophene rings is 1. The summed E-state index contributed by atoms with van der Waals surface area (Å²) in [4.78, 5) is 12.9. The molecular formula is C17H17N3O4S2. The Balaban J connectivity index is 1.63. The van der Waals surface area contributed by atoms with E-state index in [2.05, 4.69) is 5.32 Å². The topological polar surface area (TPSA) is 99.5 Å². The van der Waals surface area contributed by atoms with Crippen LogP contribution in [0.25, 0.3) is 0 Å². The van der Waals surface area contributed by atoms with Crippen molar-refractivity contribution in [1.29, 1.82) is 5.26 Å². The lowest BCUT2D eigenvalue weighted by molar-refractivity contribution is 0.0731. The number of nitrogens with one attached hydrogen (secondary N) is 1. The number of rotatable bonds is 5. The first-order valence-electron chi connectivity index (χ1n) is 7.95. The van der Waals surface area contributed by atoms with Gasteiger partial charge in [0.05, 0.1) is 31.4 Å². The van der Waals surface area contributed by atoms with Crippen LogP contribution in [0.2, 0.25) is 0 Å². The number of benzene rings is 1. The van der Waals surface area contributed by atoms with E-state index < -0.39 is 10.0 Å². The van der Waals surface area contributed by atoms with Gasteiger partial charge in [0.2, 0.25) is 0 Å². The van der Waals surface area contributed by atoms with Gasteiger partial charge in [0.15, 0.2) is 0 Å². The molecule has 2 heterocycles. The van der Waals surface area contributed by atoms with E-state index in [1.807, 2.05) is 6.07 Å². The van der Waals surface area contributed by atoms with Crippen molar-refractivity contribution < 1.29 is 17.9 Å². The van der Waals surface area contributed by atoms with Gasteiger partial charge in [-0.2, -0.15) is 9.57 Å². The van der Waals surface area contributed by atoms with E-state index in [9.17, 15) is 13.2 Å². The van der Waals surface area contributed by atoms with Gasteiger partial charge in [0, 0.05) is 23.5 Å². The van der Waals surface area contributed by atoms with Crippen molar-refractivity contribution in [3.8, 4) is 6.07 Å². The molecule has 1 N–H and O–H groups in total. The van der Waals surface area contributed by atoms with Gasteiger partial charge in [-0.05, 0) is 36.4 Å². The molecule has 0 bridgehead atoms. The number of nitriles is 1. The van der Waals surface area contributed by atoms with E-state index in [4.69, 9.17) is 10.00 Å². The van der Waals surface area contributed by atoms with Crippen molar-refractivity contribution >= 4 is 27.3 Å². The van der Waals surface area contributed by atoms with E-state index in [-0.39, 0.29) is 16.7 Å². The Kier molecular flexibility index (Phi) is 5.68. The van der Waals surface area contributed by atoms with Crippen LogP contribution in [0, 0.1) is 11.3 Å². The van der Waals surface area contributed by atoms with Crippen LogP contribution in [0.5, 0.6) is 0 Å². The van der Waals surface area contributed by atoms with Crippen molar-refractivity contribution in [2.24, 2.45) is 0 Å². The van der Waals surface area contributed by atoms with Crippen molar-refractivity contribution in [2.75, 3.05) is 26.3 Å². The fourth-order valence-electron chi connectivity index (χ4n) is 2.47. The molecule has 1 saturated heterocycles. The molecule has 1 fully saturated rings. The molecule has 1 aliphatic heterocycles. The molecule has 0 spiro atoms. The number of nitrogens with zero attached hydrogens (tertiary/aromatic N) is 2. The molecule has 1 aliphatic rings. The number of hydrogen-bond acceptors (Lipinski definition) is 6. The Bertz CT molecular complexity index is 924. The lowest BCUT2D eigenvalue weighted by atomic mass is 10.1. The third kappa shape index (κ3) is 4.11. The first-order valence-corrected chi connectivity index (χ1v) is 10.2. The second-order valence-electron chi connectivity index (χ2n) is 5.61. The van der Waals surface area contributed by atoms with E-state index in [1.54, 1.807) is 36.4 Å². The second-order valence-corrected chi connectivity index (χ2v) is 8.94. The Hall–Kier alpha value is -2.25. The molecule has 136 valence electrons. The summed E-state index contributed by atoms with van der Waals surface area (Å²) in [7, 11) is -3.51. The highest BCUT2D eigenvalue weighted by molar-refractivity contribution is 7.91. The van der Waals surface area contributed by atoms with E-state index in [0.29, 0.717) is 37.4 Å². The maximum absolute atomic E-state index is 12.6. The number of sulfonamides is 1. The zero-order chi connectivity index (χ0) is 18.6. The van der Waals surface area contributed by atoms with Crippen molar-refractivity contribution in [2.45, 2.75) is 10.8 Å². The lowest BCUT2D eigenvalue weighted by Crippen LogP contribution is -2.40. The van der Waals surface area contributed by atoms with Crippen LogP contribution >= 0.6 is 11.3 Å². The maximum atomic E-state index is 12.6. The van der Waals surface area contributed by atoms with Crippen molar-refractivity contribution in [3.05, 3.63) is 52.4 Å². The minimum Gasteiger partial charge on any atom is -0.379 e. The fourth-order valence-corrected chi connectivity index (χ4v) is 5.33. The van der Waals surface area contributed by atoms with Gasteiger partial charge in [0.25, 0.3) is 15.9 Å². The molecule has 2 aromatic rings. The monoisotopic (exact) mass is 391 g/mol. The number of ether oxygens (including phenoxy) is 1. The van der Waals surface area contributed by atoms with E-state index >= 15 is 0 Å². The van der Waals surface area contributed by atoms with Crippen LogP contribution in [0.15, 0.2) is 40.6 Å². The minimum atomic E-state index is -3.51. The highest BCUT2D eigenvalue weighted by Gasteiger charge is 2.27. The SMILES string of the molecule is N#Cc1ccc(C(=O)NCc2ccc(S(=O)(=O)N3CCOCC3)s2)cc1. The minimum absolute atomic E-state index is 0.238. The normalized spacial score (nSPS) is 15.3. The van der Waals surface area contributed by atoms with E-state index in [1.165, 1.54) is 4.31 Å². The highest BCUT2D eigenvalue weighted by atomic mass is 32.2. The van der Waals surface area contributed by atoms with Crippen LogP contribution in [0.4, 0.5) is 0 Å². The molecule has 3 rings (SSSR count). The lowest BCUT2D eigenvalue weighted by Gasteiger charge is -2.25. The Morgan fingerprint density at radius 3 is 2.54 bits per heavy atom. The molecular weight excluding hydrogens is 374 g/mol. The van der Waals surface area contributed by atoms with Gasteiger partial charge < -0.3 is 10.1 Å². The Morgan fingerprint density at radius 2 is 1.88 bits per heavy atom. The van der Waals surface area contributed by atoms with Crippen molar-refractivity contribution in [1.82, 2.24) is 9.62 Å². The molecule has 1 aromatic carbocycles. The molecule has 0 unspecified atom stereocenters. The summed E-state index contributed by atoms with van der Waals surface area (Å²) < 4.78 is 32.0. The molecule has 0 atom stereocenters. The summed E-state index contributed by atoms with van der Waals surface area (Å²) in [5, 5.41) is 11.5. The molecule has 0 saturated carbocycles. The molecule has 26 heavy (non-hydrogen) atoms. The average Bonchev–Trinajstić information content (AvgIpc) is 3.17. The summed E-state index contributed by atoms with van der Waals surface area (Å²) in [5.41, 5.74) is 0.930. The molecule has 0 radical (unpaired) electrons. The summed E-state index contributed by atoms with van der Waals surface area (Å²) in [6, 6.07) is 11.6. The second kappa shape index (κ2) is 7.97. The number of morpholine rings is 1. The first-order chi connectivity index (χ1) is 12.5. The van der Waals surface area contributed by atoms with Gasteiger partial charge in [-0.25, -0.2) is 8.42 Å². The van der Waals surface area contributed by atoms with E-state index in [0.717, 1.165) is 16.2 Å². The summed E-state index contributed by atoms with van der Waals surface area (Å²) >= 11 is 1.15. The molecule has 1 aromatic heterocycles. The van der Waals surface area contributed by atoms with Gasteiger partial charge in [0.1, 0.15) is 4.21 Å². The average molecular weight is 391 g/mol. The number of carbonyl (C=O) groups is 1. The van der Waals surface area contributed by atoms with Gasteiger partial charge in [-0.15, -0.1) is 11.3 Å². The first kappa shape index (κ1) is 18.5. The molecule has 9 heteroatoms. The molecule has 7 nitrogen and oxygen atoms in total. The summed E-state index contributed by atoms with van der Waals surface area (Å²) in [5.74, 6) is -0.277. The molecule has 0 aliphatic carbocycles. The largest absolute Gasteiger partial charge is 0.379 e. The van der Waals surface area contributed by atoms with Gasteiger partial charge in [-0.1, -0.05) is 0 Å². The Morgan fingerprint density at radius 1 is 1.19 bits per heavy atom. The summed E-state index contributed by atoms with van der Waals surface area (Å²) in [6.07, 6.45) is 0. The zero-order valence-corrected chi connectivity index (χ0v) is 15.5. The summed E-state index contributed by atoms with van der Waals surface area (Å²) in [6.45, 7) is 1.74. The highest BCUT2D eigenvalue weighted by Crippen LogP contribution is 2.25. The standard InChI is InChI=1S/C17H17N3O4S2/c18-11-13-1-3-14(4-2-13)17(21)19-12-15-5-6-16(25-15)26(22,23)20-7-9-24-10-8-20/h1-6H,7-10,12H2,(H,19,21). The quantitative estimate of drug-likeness (QED) is 0.834. The third-order valence-corrected chi connectivity index (χ3v) is 7.35. The Labute approximate surface area is 155 Å². The third-order valence-electron chi connectivity index (χ3n) is 3.90. The van der Waals surface area contributed by atoms with Crippen LogP contribution in [0.3, 0.4) is 0 Å². The number of amides is 1. The van der Waals surface area contributed by atoms with Gasteiger partial charge in [-0.3, -0.25) is 4.79 Å². The van der Waals surface area contributed by atoms with Crippen LogP contribution in [0.1, 0.15) is 20.8 Å². The number of carbonyl (C=O) groups excluding carboxylic acids is 1. The maximum Gasteiger partial charge on any atom is 0.252 e. The van der Waals surface area contributed by atoms with Crippen LogP contribution in [-0.4, -0.2) is 44.9 Å². The molecule has 1 amide bonds. The van der Waals surface area contributed by atoms with Crippen LogP contribution < -0.4 is 5.32 Å².